The fourth-order valence-electron chi connectivity index (χ4n) is 1.84. The van der Waals surface area contributed by atoms with Crippen molar-refractivity contribution < 1.29 is 19.0 Å². The van der Waals surface area contributed by atoms with Gasteiger partial charge in [-0.1, -0.05) is 0 Å². The lowest BCUT2D eigenvalue weighted by Gasteiger charge is -2.22. The van der Waals surface area contributed by atoms with E-state index < -0.39 is 0 Å². The molecule has 4 nitrogen and oxygen atoms in total. The van der Waals surface area contributed by atoms with Crippen LogP contribution >= 0.6 is 11.3 Å². The van der Waals surface area contributed by atoms with E-state index in [4.69, 9.17) is 14.2 Å². The molecule has 1 aliphatic heterocycles. The average Bonchev–Trinajstić information content (AvgIpc) is 2.95. The van der Waals surface area contributed by atoms with E-state index in [1.807, 2.05) is 12.3 Å². The third-order valence-electron chi connectivity index (χ3n) is 2.84. The van der Waals surface area contributed by atoms with Gasteiger partial charge in [-0.15, -0.1) is 11.3 Å². The highest BCUT2D eigenvalue weighted by atomic mass is 32.1. The summed E-state index contributed by atoms with van der Waals surface area (Å²) >= 11 is 1.32. The van der Waals surface area contributed by atoms with Crippen LogP contribution in [0.2, 0.25) is 0 Å². The summed E-state index contributed by atoms with van der Waals surface area (Å²) in [6.07, 6.45) is 1.96. The van der Waals surface area contributed by atoms with E-state index in [1.54, 1.807) is 13.2 Å². The van der Waals surface area contributed by atoms with Crippen LogP contribution in [-0.4, -0.2) is 31.9 Å². The Balaban J connectivity index is 1.93. The first-order valence-electron chi connectivity index (χ1n) is 5.57. The van der Waals surface area contributed by atoms with Crippen LogP contribution in [0.1, 0.15) is 29.4 Å². The molecule has 1 unspecified atom stereocenters. The van der Waals surface area contributed by atoms with Crippen molar-refractivity contribution in [3.8, 4) is 5.75 Å². The molecule has 2 rings (SSSR count). The molecule has 94 valence electrons. The lowest BCUT2D eigenvalue weighted by molar-refractivity contribution is -0.0377. The molecule has 0 amide bonds. The number of rotatable bonds is 4. The molecule has 0 saturated carbocycles. The summed E-state index contributed by atoms with van der Waals surface area (Å²) in [5.41, 5.74) is -0.319. The Kier molecular flexibility index (Phi) is 3.69. The molecular formula is C12H16O4S. The molecule has 1 saturated heterocycles. The number of carbonyl (C=O) groups is 1. The van der Waals surface area contributed by atoms with E-state index in [0.29, 0.717) is 17.2 Å². The summed E-state index contributed by atoms with van der Waals surface area (Å²) < 4.78 is 15.9. The van der Waals surface area contributed by atoms with E-state index in [1.165, 1.54) is 11.3 Å². The van der Waals surface area contributed by atoms with Gasteiger partial charge >= 0.3 is 5.97 Å². The highest BCUT2D eigenvalue weighted by Crippen LogP contribution is 2.28. The van der Waals surface area contributed by atoms with Crippen LogP contribution in [0.25, 0.3) is 0 Å². The third-order valence-corrected chi connectivity index (χ3v) is 3.72. The van der Waals surface area contributed by atoms with Crippen molar-refractivity contribution in [1.82, 2.24) is 0 Å². The number of methoxy groups -OCH3 is 1. The second kappa shape index (κ2) is 5.06. The Hall–Kier alpha value is -1.07. The van der Waals surface area contributed by atoms with E-state index in [-0.39, 0.29) is 11.6 Å². The Bertz CT molecular complexity index is 393. The van der Waals surface area contributed by atoms with E-state index in [0.717, 1.165) is 19.4 Å². The highest BCUT2D eigenvalue weighted by molar-refractivity contribution is 7.12. The molecule has 1 aromatic rings. The van der Waals surface area contributed by atoms with Gasteiger partial charge in [-0.3, -0.25) is 0 Å². The first-order chi connectivity index (χ1) is 8.14. The molecule has 1 atom stereocenters. The monoisotopic (exact) mass is 256 g/mol. The van der Waals surface area contributed by atoms with Crippen molar-refractivity contribution >= 4 is 17.3 Å². The van der Waals surface area contributed by atoms with Gasteiger partial charge in [0.05, 0.1) is 12.7 Å². The number of hydrogen-bond acceptors (Lipinski definition) is 5. The fraction of sp³-hybridized carbons (Fsp3) is 0.583. The molecule has 0 spiro atoms. The predicted molar refractivity (Wildman–Crippen MR) is 64.7 cm³/mol. The van der Waals surface area contributed by atoms with Crippen LogP contribution in [0.15, 0.2) is 11.4 Å². The maximum absolute atomic E-state index is 11.8. The van der Waals surface area contributed by atoms with Gasteiger partial charge in [0.15, 0.2) is 4.88 Å². The van der Waals surface area contributed by atoms with Crippen LogP contribution in [0.4, 0.5) is 0 Å². The predicted octanol–water partition coefficient (Wildman–Crippen LogP) is 2.48. The van der Waals surface area contributed by atoms with Crippen LogP contribution < -0.4 is 4.74 Å². The van der Waals surface area contributed by atoms with Gasteiger partial charge < -0.3 is 14.2 Å². The normalized spacial score (nSPS) is 23.6. The minimum Gasteiger partial charge on any atom is -0.495 e. The molecule has 1 fully saturated rings. The Labute approximate surface area is 104 Å². The molecular weight excluding hydrogens is 240 g/mol. The lowest BCUT2D eigenvalue weighted by Crippen LogP contribution is -2.31. The Morgan fingerprint density at radius 1 is 1.65 bits per heavy atom. The van der Waals surface area contributed by atoms with Gasteiger partial charge in [0.25, 0.3) is 0 Å². The summed E-state index contributed by atoms with van der Waals surface area (Å²) in [4.78, 5) is 12.3. The first kappa shape index (κ1) is 12.4. The van der Waals surface area contributed by atoms with E-state index in [9.17, 15) is 4.79 Å². The molecule has 5 heteroatoms. The van der Waals surface area contributed by atoms with Crippen molar-refractivity contribution in [1.29, 1.82) is 0 Å². The van der Waals surface area contributed by atoms with Crippen molar-refractivity contribution in [2.75, 3.05) is 20.3 Å². The minimum atomic E-state index is -0.339. The minimum absolute atomic E-state index is 0.298. The number of ether oxygens (including phenoxy) is 3. The summed E-state index contributed by atoms with van der Waals surface area (Å²) in [6, 6.07) is 1.76. The SMILES string of the molecule is COc1ccsc1C(=O)OCC1(C)CCCO1. The van der Waals surface area contributed by atoms with Gasteiger partial charge in [-0.25, -0.2) is 4.79 Å². The van der Waals surface area contributed by atoms with Crippen LogP contribution in [0.5, 0.6) is 5.75 Å². The van der Waals surface area contributed by atoms with Crippen LogP contribution in [0.3, 0.4) is 0 Å². The number of thiophene rings is 1. The Morgan fingerprint density at radius 3 is 3.12 bits per heavy atom. The van der Waals surface area contributed by atoms with Crippen molar-refractivity contribution in [3.63, 3.8) is 0 Å². The maximum atomic E-state index is 11.8. The summed E-state index contributed by atoms with van der Waals surface area (Å²) in [6.45, 7) is 3.02. The molecule has 1 aromatic heterocycles. The van der Waals surface area contributed by atoms with Crippen molar-refractivity contribution in [2.24, 2.45) is 0 Å². The topological polar surface area (TPSA) is 44.8 Å². The van der Waals surface area contributed by atoms with Gasteiger partial charge in [-0.05, 0) is 31.2 Å². The molecule has 17 heavy (non-hydrogen) atoms. The fourth-order valence-corrected chi connectivity index (χ4v) is 2.59. The summed E-state index contributed by atoms with van der Waals surface area (Å²) in [5, 5.41) is 1.81. The highest BCUT2D eigenvalue weighted by Gasteiger charge is 2.32. The van der Waals surface area contributed by atoms with E-state index >= 15 is 0 Å². The van der Waals surface area contributed by atoms with Gasteiger partial charge in [0.1, 0.15) is 12.4 Å². The number of esters is 1. The third kappa shape index (κ3) is 2.79. The zero-order valence-electron chi connectivity index (χ0n) is 10.0. The summed E-state index contributed by atoms with van der Waals surface area (Å²) in [7, 11) is 1.54. The van der Waals surface area contributed by atoms with Gasteiger partial charge in [-0.2, -0.15) is 0 Å². The van der Waals surface area contributed by atoms with Crippen molar-refractivity contribution in [2.45, 2.75) is 25.4 Å². The van der Waals surface area contributed by atoms with E-state index in [2.05, 4.69) is 0 Å². The smallest absolute Gasteiger partial charge is 0.352 e. The van der Waals surface area contributed by atoms with Crippen LogP contribution in [0, 0.1) is 0 Å². The molecule has 0 aromatic carbocycles. The lowest BCUT2D eigenvalue weighted by atomic mass is 10.0. The number of carbonyl (C=O) groups excluding carboxylic acids is 1. The second-order valence-electron chi connectivity index (χ2n) is 4.30. The quantitative estimate of drug-likeness (QED) is 0.776. The first-order valence-corrected chi connectivity index (χ1v) is 6.45. The molecule has 0 aliphatic carbocycles. The standard InChI is InChI=1S/C12H16O4S/c1-12(5-3-6-16-12)8-15-11(13)10-9(14-2)4-7-17-10/h4,7H,3,5-6,8H2,1-2H3. The largest absolute Gasteiger partial charge is 0.495 e. The zero-order valence-corrected chi connectivity index (χ0v) is 10.8. The van der Waals surface area contributed by atoms with Crippen LogP contribution in [-0.2, 0) is 9.47 Å². The molecule has 0 radical (unpaired) electrons. The molecule has 0 bridgehead atoms. The second-order valence-corrected chi connectivity index (χ2v) is 5.21. The van der Waals surface area contributed by atoms with Crippen molar-refractivity contribution in [3.05, 3.63) is 16.3 Å². The zero-order chi connectivity index (χ0) is 12.3. The van der Waals surface area contributed by atoms with Gasteiger partial charge in [0, 0.05) is 6.61 Å². The summed E-state index contributed by atoms with van der Waals surface area (Å²) in [5.74, 6) is 0.228. The molecule has 0 N–H and O–H groups in total. The maximum Gasteiger partial charge on any atom is 0.352 e. The average molecular weight is 256 g/mol. The Morgan fingerprint density at radius 2 is 2.47 bits per heavy atom. The molecule has 2 heterocycles. The molecule has 1 aliphatic rings. The van der Waals surface area contributed by atoms with Gasteiger partial charge in [0.2, 0.25) is 0 Å². The number of hydrogen-bond donors (Lipinski definition) is 0.